The smallest absolute Gasteiger partial charge is 0.342 e. The van der Waals surface area contributed by atoms with Gasteiger partial charge in [-0.3, -0.25) is 4.68 Å². The Kier molecular flexibility index (Phi) is 3.92. The second kappa shape index (κ2) is 6.02. The maximum absolute atomic E-state index is 12.2. The predicted molar refractivity (Wildman–Crippen MR) is 85.7 cm³/mol. The zero-order chi connectivity index (χ0) is 15.5. The Morgan fingerprint density at radius 3 is 2.68 bits per heavy atom. The van der Waals surface area contributed by atoms with E-state index in [2.05, 4.69) is 12.2 Å². The monoisotopic (exact) mass is 294 g/mol. The van der Waals surface area contributed by atoms with E-state index < -0.39 is 0 Å². The number of aromatic nitrogens is 2. The Bertz CT molecular complexity index is 742. The van der Waals surface area contributed by atoms with Crippen molar-refractivity contribution in [2.45, 2.75) is 19.4 Å². The number of rotatable bonds is 3. The van der Waals surface area contributed by atoms with Crippen LogP contribution in [0.15, 0.2) is 54.6 Å². The van der Waals surface area contributed by atoms with Gasteiger partial charge in [-0.1, -0.05) is 54.6 Å². The molecule has 22 heavy (non-hydrogen) atoms. The molecule has 0 saturated heterocycles. The van der Waals surface area contributed by atoms with E-state index in [1.165, 1.54) is 7.11 Å². The number of carbonyl (C=O) groups is 1. The molecule has 1 atom stereocenters. The topological polar surface area (TPSA) is 44.1 Å². The molecule has 1 heterocycles. The Balaban J connectivity index is 2.14. The summed E-state index contributed by atoms with van der Waals surface area (Å²) in [5.41, 5.74) is 2.96. The molecule has 0 aliphatic heterocycles. The van der Waals surface area contributed by atoms with Crippen molar-refractivity contribution in [2.24, 2.45) is 0 Å². The summed E-state index contributed by atoms with van der Waals surface area (Å²) < 4.78 is 6.87. The lowest BCUT2D eigenvalue weighted by Gasteiger charge is -2.15. The molecule has 1 aliphatic carbocycles. The molecular weight excluding hydrogens is 276 g/mol. The number of hydrogen-bond donors (Lipinski definition) is 0. The number of esters is 1. The SMILES string of the molecule is COC(=O)c1c(-c2ccccc2)nn(C2C=CC=CC2)c1C. The van der Waals surface area contributed by atoms with Crippen LogP contribution in [0.4, 0.5) is 0 Å². The molecule has 0 saturated carbocycles. The first kappa shape index (κ1) is 14.3. The summed E-state index contributed by atoms with van der Waals surface area (Å²) in [5.74, 6) is -0.349. The van der Waals surface area contributed by atoms with Crippen LogP contribution in [-0.4, -0.2) is 22.9 Å². The van der Waals surface area contributed by atoms with Crippen molar-refractivity contribution in [2.75, 3.05) is 7.11 Å². The van der Waals surface area contributed by atoms with Gasteiger partial charge >= 0.3 is 5.97 Å². The molecule has 3 rings (SSSR count). The third kappa shape index (κ3) is 2.48. The second-order valence-corrected chi connectivity index (χ2v) is 5.23. The minimum atomic E-state index is -0.349. The lowest BCUT2D eigenvalue weighted by molar-refractivity contribution is 0.0600. The molecule has 0 amide bonds. The summed E-state index contributed by atoms with van der Waals surface area (Å²) in [5, 5.41) is 4.70. The summed E-state index contributed by atoms with van der Waals surface area (Å²) in [6.07, 6.45) is 9.10. The largest absolute Gasteiger partial charge is 0.465 e. The van der Waals surface area contributed by atoms with E-state index in [0.29, 0.717) is 11.3 Å². The van der Waals surface area contributed by atoms with E-state index in [4.69, 9.17) is 9.84 Å². The van der Waals surface area contributed by atoms with Crippen LogP contribution in [0.1, 0.15) is 28.5 Å². The molecule has 4 heteroatoms. The lowest BCUT2D eigenvalue weighted by atomic mass is 10.1. The third-order valence-corrected chi connectivity index (χ3v) is 3.86. The van der Waals surface area contributed by atoms with E-state index in [1.807, 2.05) is 54.1 Å². The molecule has 4 nitrogen and oxygen atoms in total. The van der Waals surface area contributed by atoms with Crippen LogP contribution < -0.4 is 0 Å². The summed E-state index contributed by atoms with van der Waals surface area (Å²) in [6.45, 7) is 1.91. The highest BCUT2D eigenvalue weighted by Crippen LogP contribution is 2.29. The van der Waals surface area contributed by atoms with Crippen molar-refractivity contribution >= 4 is 5.97 Å². The number of benzene rings is 1. The van der Waals surface area contributed by atoms with Crippen molar-refractivity contribution in [3.8, 4) is 11.3 Å². The highest BCUT2D eigenvalue weighted by molar-refractivity contribution is 5.97. The highest BCUT2D eigenvalue weighted by Gasteiger charge is 2.25. The minimum absolute atomic E-state index is 0.130. The summed E-state index contributed by atoms with van der Waals surface area (Å²) in [7, 11) is 1.40. The predicted octanol–water partition coefficient (Wildman–Crippen LogP) is 3.70. The zero-order valence-corrected chi connectivity index (χ0v) is 12.7. The molecule has 1 aliphatic rings. The molecule has 112 valence electrons. The molecule has 1 aromatic carbocycles. The van der Waals surface area contributed by atoms with Crippen molar-refractivity contribution in [1.82, 2.24) is 9.78 Å². The summed E-state index contributed by atoms with van der Waals surface area (Å²) >= 11 is 0. The standard InChI is InChI=1S/C18H18N2O2/c1-13-16(18(21)22-2)17(14-9-5-3-6-10-14)19-20(13)15-11-7-4-8-12-15/h3-11,15H,12H2,1-2H3. The molecular formula is C18H18N2O2. The van der Waals surface area contributed by atoms with Gasteiger partial charge in [-0.05, 0) is 13.3 Å². The van der Waals surface area contributed by atoms with E-state index >= 15 is 0 Å². The van der Waals surface area contributed by atoms with Crippen LogP contribution in [0, 0.1) is 6.92 Å². The first-order chi connectivity index (χ1) is 10.7. The van der Waals surface area contributed by atoms with Crippen LogP contribution in [-0.2, 0) is 4.74 Å². The molecule has 2 aromatic rings. The van der Waals surface area contributed by atoms with E-state index in [1.54, 1.807) is 0 Å². The quantitative estimate of drug-likeness (QED) is 0.811. The third-order valence-electron chi connectivity index (χ3n) is 3.86. The number of nitrogens with zero attached hydrogens (tertiary/aromatic N) is 2. The van der Waals surface area contributed by atoms with Crippen LogP contribution in [0.5, 0.6) is 0 Å². The van der Waals surface area contributed by atoms with Gasteiger partial charge in [-0.15, -0.1) is 0 Å². The second-order valence-electron chi connectivity index (χ2n) is 5.23. The molecule has 1 unspecified atom stereocenters. The summed E-state index contributed by atoms with van der Waals surface area (Å²) in [6, 6.07) is 9.86. The number of allylic oxidation sites excluding steroid dienone is 4. The van der Waals surface area contributed by atoms with Gasteiger partial charge < -0.3 is 4.74 Å². The fourth-order valence-electron chi connectivity index (χ4n) is 2.73. The van der Waals surface area contributed by atoms with Gasteiger partial charge in [0.15, 0.2) is 0 Å². The lowest BCUT2D eigenvalue weighted by Crippen LogP contribution is -2.11. The van der Waals surface area contributed by atoms with Crippen molar-refractivity contribution in [3.05, 3.63) is 65.9 Å². The molecule has 0 radical (unpaired) electrons. The Labute approximate surface area is 129 Å². The maximum atomic E-state index is 12.2. The minimum Gasteiger partial charge on any atom is -0.465 e. The van der Waals surface area contributed by atoms with E-state index in [9.17, 15) is 4.79 Å². The average Bonchev–Trinajstić information content (AvgIpc) is 2.93. The van der Waals surface area contributed by atoms with E-state index in [0.717, 1.165) is 17.7 Å². The van der Waals surface area contributed by atoms with Crippen molar-refractivity contribution in [3.63, 3.8) is 0 Å². The molecule has 1 aromatic heterocycles. The van der Waals surface area contributed by atoms with Gasteiger partial charge in [0.2, 0.25) is 0 Å². The van der Waals surface area contributed by atoms with Crippen LogP contribution in [0.3, 0.4) is 0 Å². The first-order valence-corrected chi connectivity index (χ1v) is 7.28. The average molecular weight is 294 g/mol. The number of ether oxygens (including phenoxy) is 1. The highest BCUT2D eigenvalue weighted by atomic mass is 16.5. The van der Waals surface area contributed by atoms with E-state index in [-0.39, 0.29) is 12.0 Å². The Morgan fingerprint density at radius 1 is 1.27 bits per heavy atom. The van der Waals surface area contributed by atoms with Gasteiger partial charge in [0, 0.05) is 5.56 Å². The summed E-state index contributed by atoms with van der Waals surface area (Å²) in [4.78, 5) is 12.2. The van der Waals surface area contributed by atoms with Crippen LogP contribution in [0.2, 0.25) is 0 Å². The fraction of sp³-hybridized carbons (Fsp3) is 0.222. The zero-order valence-electron chi connectivity index (χ0n) is 12.7. The Morgan fingerprint density at radius 2 is 2.05 bits per heavy atom. The number of methoxy groups -OCH3 is 1. The maximum Gasteiger partial charge on any atom is 0.342 e. The first-order valence-electron chi connectivity index (χ1n) is 7.28. The van der Waals surface area contributed by atoms with Gasteiger partial charge in [0.1, 0.15) is 11.3 Å². The van der Waals surface area contributed by atoms with Crippen molar-refractivity contribution in [1.29, 1.82) is 0 Å². The molecule has 0 fully saturated rings. The van der Waals surface area contributed by atoms with Gasteiger partial charge in [-0.25, -0.2) is 4.79 Å². The van der Waals surface area contributed by atoms with Crippen LogP contribution in [0.25, 0.3) is 11.3 Å². The normalized spacial score (nSPS) is 16.7. The number of carbonyl (C=O) groups excluding carboxylic acids is 1. The van der Waals surface area contributed by atoms with Crippen LogP contribution >= 0.6 is 0 Å². The molecule has 0 spiro atoms. The number of hydrogen-bond acceptors (Lipinski definition) is 3. The van der Waals surface area contributed by atoms with Gasteiger partial charge in [0.05, 0.1) is 18.8 Å². The van der Waals surface area contributed by atoms with Crippen molar-refractivity contribution < 1.29 is 9.53 Å². The molecule has 0 bridgehead atoms. The fourth-order valence-corrected chi connectivity index (χ4v) is 2.73. The van der Waals surface area contributed by atoms with Gasteiger partial charge in [-0.2, -0.15) is 5.10 Å². The Hall–Kier alpha value is -2.62. The molecule has 0 N–H and O–H groups in total. The van der Waals surface area contributed by atoms with Gasteiger partial charge in [0.25, 0.3) is 0 Å².